The molecule has 0 saturated heterocycles. The van der Waals surface area contributed by atoms with E-state index in [-0.39, 0.29) is 12.3 Å². The molecule has 2 atom stereocenters. The Kier molecular flexibility index (Phi) is 7.16. The first-order valence-corrected chi connectivity index (χ1v) is 7.99. The van der Waals surface area contributed by atoms with Crippen LogP contribution in [0.2, 0.25) is 0 Å². The topological polar surface area (TPSA) is 64.6 Å². The van der Waals surface area contributed by atoms with Crippen LogP contribution in [0.1, 0.15) is 20.3 Å². The standard InChI is InChI=1S/C13H15F5NO4P/c1-5(2)4-6(13(20)22-3)19-24(21)23-12-10(17)8(15)7(14)9(16)11(12)18/h5-6,24H,4H2,1-3H3,(H,19,21)/t6-/m0/s1. The number of nitrogens with one attached hydrogen (secondary N) is 1. The van der Waals surface area contributed by atoms with Gasteiger partial charge in [-0.2, -0.15) is 8.78 Å². The van der Waals surface area contributed by atoms with Gasteiger partial charge in [0.15, 0.2) is 0 Å². The van der Waals surface area contributed by atoms with E-state index < -0.39 is 55.0 Å². The van der Waals surface area contributed by atoms with E-state index >= 15 is 0 Å². The number of esters is 1. The normalized spacial score (nSPS) is 13.7. The molecule has 0 spiro atoms. The highest BCUT2D eigenvalue weighted by Crippen LogP contribution is 2.34. The van der Waals surface area contributed by atoms with Gasteiger partial charge in [-0.25, -0.2) is 18.3 Å². The van der Waals surface area contributed by atoms with E-state index in [0.29, 0.717) is 0 Å². The van der Waals surface area contributed by atoms with Gasteiger partial charge in [0, 0.05) is 0 Å². The maximum Gasteiger partial charge on any atom is 0.323 e. The van der Waals surface area contributed by atoms with Gasteiger partial charge in [0.1, 0.15) is 6.04 Å². The van der Waals surface area contributed by atoms with Crippen LogP contribution < -0.4 is 9.61 Å². The number of carbonyl (C=O) groups is 1. The molecule has 0 aliphatic carbocycles. The second kappa shape index (κ2) is 8.43. The Labute approximate surface area is 135 Å². The van der Waals surface area contributed by atoms with Crippen LogP contribution in [0.15, 0.2) is 0 Å². The fraction of sp³-hybridized carbons (Fsp3) is 0.462. The molecule has 0 aliphatic rings. The molecule has 1 N–H and O–H groups in total. The number of benzene rings is 1. The predicted octanol–water partition coefficient (Wildman–Crippen LogP) is 3.33. The number of hydrogen-bond donors (Lipinski definition) is 1. The Balaban J connectivity index is 3.01. The van der Waals surface area contributed by atoms with Gasteiger partial charge in [-0.3, -0.25) is 9.36 Å². The van der Waals surface area contributed by atoms with Crippen LogP contribution in [-0.2, 0) is 14.1 Å². The highest BCUT2D eigenvalue weighted by Gasteiger charge is 2.29. The molecule has 136 valence electrons. The van der Waals surface area contributed by atoms with Crippen LogP contribution in [0, 0.1) is 35.0 Å². The van der Waals surface area contributed by atoms with Gasteiger partial charge in [0.05, 0.1) is 7.11 Å². The van der Waals surface area contributed by atoms with Gasteiger partial charge >= 0.3 is 14.1 Å². The minimum Gasteiger partial charge on any atom is -0.468 e. The third kappa shape index (κ3) is 4.67. The lowest BCUT2D eigenvalue weighted by atomic mass is 10.1. The molecule has 0 aliphatic heterocycles. The zero-order valence-corrected chi connectivity index (χ0v) is 13.9. The Morgan fingerprint density at radius 3 is 1.92 bits per heavy atom. The number of rotatable bonds is 7. The molecule has 1 aromatic rings. The van der Waals surface area contributed by atoms with Crippen LogP contribution in [-0.4, -0.2) is 19.1 Å². The molecule has 24 heavy (non-hydrogen) atoms. The molecule has 0 radical (unpaired) electrons. The molecule has 0 aromatic heterocycles. The SMILES string of the molecule is COC(=O)[C@H](CC(C)C)N[PH](=O)Oc1c(F)c(F)c(F)c(F)c1F. The molecule has 1 aromatic carbocycles. The minimum absolute atomic E-state index is 0.0504. The van der Waals surface area contributed by atoms with Crippen molar-refractivity contribution >= 4 is 14.1 Å². The molecule has 0 heterocycles. The Morgan fingerprint density at radius 2 is 1.50 bits per heavy atom. The molecular weight excluding hydrogens is 360 g/mol. The number of methoxy groups -OCH3 is 1. The van der Waals surface area contributed by atoms with Crippen molar-refractivity contribution in [2.75, 3.05) is 7.11 Å². The van der Waals surface area contributed by atoms with E-state index in [2.05, 4.69) is 14.3 Å². The highest BCUT2D eigenvalue weighted by atomic mass is 31.1. The van der Waals surface area contributed by atoms with Crippen LogP contribution in [0.25, 0.3) is 0 Å². The van der Waals surface area contributed by atoms with Crippen LogP contribution in [0.4, 0.5) is 22.0 Å². The lowest BCUT2D eigenvalue weighted by molar-refractivity contribution is -0.143. The molecule has 0 bridgehead atoms. The summed E-state index contributed by atoms with van der Waals surface area (Å²) in [6.45, 7) is 3.47. The fourth-order valence-corrected chi connectivity index (χ4v) is 2.71. The Morgan fingerprint density at radius 1 is 1.04 bits per heavy atom. The van der Waals surface area contributed by atoms with Crippen molar-refractivity contribution in [2.24, 2.45) is 5.92 Å². The summed E-state index contributed by atoms with van der Waals surface area (Å²) in [7, 11) is -2.50. The summed E-state index contributed by atoms with van der Waals surface area (Å²) in [6, 6.07) is -1.14. The van der Waals surface area contributed by atoms with Gasteiger partial charge < -0.3 is 9.26 Å². The second-order valence-electron chi connectivity index (χ2n) is 5.14. The van der Waals surface area contributed by atoms with E-state index in [4.69, 9.17) is 0 Å². The number of carbonyl (C=O) groups excluding carboxylic acids is 1. The van der Waals surface area contributed by atoms with Crippen molar-refractivity contribution in [3.8, 4) is 5.75 Å². The van der Waals surface area contributed by atoms with Crippen LogP contribution >= 0.6 is 8.18 Å². The average Bonchev–Trinajstić information content (AvgIpc) is 2.53. The minimum atomic E-state index is -3.57. The first kappa shape index (κ1) is 20.4. The van der Waals surface area contributed by atoms with E-state index in [1.807, 2.05) is 0 Å². The Hall–Kier alpha value is -1.67. The fourth-order valence-electron chi connectivity index (χ4n) is 1.77. The quantitative estimate of drug-likeness (QED) is 0.260. The number of hydrogen-bond acceptors (Lipinski definition) is 4. The first-order chi connectivity index (χ1) is 11.1. The maximum absolute atomic E-state index is 13.4. The molecule has 1 rings (SSSR count). The summed E-state index contributed by atoms with van der Waals surface area (Å²) in [5.74, 6) is -13.9. The summed E-state index contributed by atoms with van der Waals surface area (Å²) >= 11 is 0. The molecule has 0 saturated carbocycles. The van der Waals surface area contributed by atoms with Crippen molar-refractivity contribution < 1.29 is 40.6 Å². The van der Waals surface area contributed by atoms with Gasteiger partial charge in [0.2, 0.25) is 34.8 Å². The smallest absolute Gasteiger partial charge is 0.323 e. The highest BCUT2D eigenvalue weighted by molar-refractivity contribution is 7.37. The third-order valence-electron chi connectivity index (χ3n) is 2.85. The first-order valence-electron chi connectivity index (χ1n) is 6.67. The van der Waals surface area contributed by atoms with Gasteiger partial charge in [0.25, 0.3) is 0 Å². The van der Waals surface area contributed by atoms with E-state index in [1.54, 1.807) is 13.8 Å². The third-order valence-corrected chi connectivity index (χ3v) is 3.82. The van der Waals surface area contributed by atoms with Crippen molar-refractivity contribution in [2.45, 2.75) is 26.3 Å². The van der Waals surface area contributed by atoms with Crippen molar-refractivity contribution in [3.05, 3.63) is 29.1 Å². The summed E-state index contributed by atoms with van der Waals surface area (Å²) in [6.07, 6.45) is 0.142. The Bertz CT molecular complexity index is 627. The van der Waals surface area contributed by atoms with E-state index in [0.717, 1.165) is 7.11 Å². The molecule has 1 unspecified atom stereocenters. The monoisotopic (exact) mass is 375 g/mol. The van der Waals surface area contributed by atoms with Crippen LogP contribution in [0.3, 0.4) is 0 Å². The lowest BCUT2D eigenvalue weighted by Gasteiger charge is -2.18. The molecule has 5 nitrogen and oxygen atoms in total. The van der Waals surface area contributed by atoms with Gasteiger partial charge in [-0.05, 0) is 12.3 Å². The second-order valence-corrected chi connectivity index (χ2v) is 6.21. The van der Waals surface area contributed by atoms with Gasteiger partial charge in [-0.15, -0.1) is 0 Å². The number of ether oxygens (including phenoxy) is 1. The van der Waals surface area contributed by atoms with Crippen molar-refractivity contribution in [3.63, 3.8) is 0 Å². The average molecular weight is 375 g/mol. The predicted molar refractivity (Wildman–Crippen MR) is 74.3 cm³/mol. The largest absolute Gasteiger partial charge is 0.468 e. The van der Waals surface area contributed by atoms with Crippen molar-refractivity contribution in [1.29, 1.82) is 0 Å². The zero-order chi connectivity index (χ0) is 18.6. The summed E-state index contributed by atoms with van der Waals surface area (Å²) < 4.78 is 86.5. The molecule has 0 fully saturated rings. The maximum atomic E-state index is 13.4. The van der Waals surface area contributed by atoms with Crippen molar-refractivity contribution in [1.82, 2.24) is 5.09 Å². The van der Waals surface area contributed by atoms with E-state index in [1.165, 1.54) is 0 Å². The van der Waals surface area contributed by atoms with Crippen LogP contribution in [0.5, 0.6) is 5.75 Å². The number of halogens is 5. The van der Waals surface area contributed by atoms with E-state index in [9.17, 15) is 31.3 Å². The summed E-state index contributed by atoms with van der Waals surface area (Å²) in [5.41, 5.74) is 0. The zero-order valence-electron chi connectivity index (χ0n) is 12.9. The molecular formula is C13H15F5NO4P. The lowest BCUT2D eigenvalue weighted by Crippen LogP contribution is -2.35. The molecule has 11 heteroatoms. The van der Waals surface area contributed by atoms with Gasteiger partial charge in [-0.1, -0.05) is 13.8 Å². The summed E-state index contributed by atoms with van der Waals surface area (Å²) in [4.78, 5) is 11.5. The summed E-state index contributed by atoms with van der Waals surface area (Å²) in [5, 5.41) is 2.13. The molecule has 0 amide bonds.